The van der Waals surface area contributed by atoms with Crippen LogP contribution in [0.4, 0.5) is 0 Å². The highest BCUT2D eigenvalue weighted by molar-refractivity contribution is 5.84. The summed E-state index contributed by atoms with van der Waals surface area (Å²) in [6.45, 7) is 0.165. The molecule has 0 saturated carbocycles. The van der Waals surface area contributed by atoms with Gasteiger partial charge in [0, 0.05) is 42.6 Å². The van der Waals surface area contributed by atoms with E-state index in [2.05, 4.69) is 10.3 Å². The van der Waals surface area contributed by atoms with Gasteiger partial charge in [-0.05, 0) is 42.0 Å². The van der Waals surface area contributed by atoms with Gasteiger partial charge < -0.3 is 28.7 Å². The van der Waals surface area contributed by atoms with Crippen LogP contribution in [0.25, 0.3) is 10.9 Å². The first-order valence-electron chi connectivity index (χ1n) is 10.1. The lowest BCUT2D eigenvalue weighted by Gasteiger charge is -2.21. The SMILES string of the molecule is COc1cc(OC)cc(C(NC(=O)Cn2ccc3cc(OC)ccc32)c2nccn2C)c1. The van der Waals surface area contributed by atoms with Gasteiger partial charge in [-0.25, -0.2) is 4.98 Å². The van der Waals surface area contributed by atoms with Crippen LogP contribution in [0.15, 0.2) is 61.1 Å². The van der Waals surface area contributed by atoms with Crippen molar-refractivity contribution < 1.29 is 19.0 Å². The van der Waals surface area contributed by atoms with E-state index in [-0.39, 0.29) is 12.5 Å². The predicted octanol–water partition coefficient (Wildman–Crippen LogP) is 3.31. The summed E-state index contributed by atoms with van der Waals surface area (Å²) in [5.74, 6) is 2.61. The summed E-state index contributed by atoms with van der Waals surface area (Å²) in [5.41, 5.74) is 1.77. The molecule has 0 spiro atoms. The number of nitrogens with zero attached hydrogens (tertiary/aromatic N) is 3. The van der Waals surface area contributed by atoms with E-state index in [1.54, 1.807) is 33.6 Å². The molecule has 2 aromatic heterocycles. The first-order chi connectivity index (χ1) is 15.5. The zero-order valence-electron chi connectivity index (χ0n) is 18.5. The van der Waals surface area contributed by atoms with Crippen molar-refractivity contribution in [3.63, 3.8) is 0 Å². The fourth-order valence-electron chi connectivity index (χ4n) is 3.75. The molecule has 4 rings (SSSR count). The van der Waals surface area contributed by atoms with Crippen LogP contribution in [0.1, 0.15) is 17.4 Å². The summed E-state index contributed by atoms with van der Waals surface area (Å²) in [6.07, 6.45) is 5.45. The second kappa shape index (κ2) is 9.05. The second-order valence-corrected chi connectivity index (χ2v) is 7.41. The van der Waals surface area contributed by atoms with E-state index in [0.29, 0.717) is 17.3 Å². The average Bonchev–Trinajstić information content (AvgIpc) is 3.42. The van der Waals surface area contributed by atoms with E-state index in [9.17, 15) is 4.79 Å². The Balaban J connectivity index is 1.64. The topological polar surface area (TPSA) is 79.5 Å². The van der Waals surface area contributed by atoms with Crippen LogP contribution < -0.4 is 19.5 Å². The van der Waals surface area contributed by atoms with Crippen LogP contribution >= 0.6 is 0 Å². The summed E-state index contributed by atoms with van der Waals surface area (Å²) in [5, 5.41) is 4.14. The zero-order valence-corrected chi connectivity index (χ0v) is 18.5. The maximum atomic E-state index is 13.1. The van der Waals surface area contributed by atoms with Crippen molar-refractivity contribution in [2.75, 3.05) is 21.3 Å². The molecule has 1 unspecified atom stereocenters. The number of aromatic nitrogens is 3. The lowest BCUT2D eigenvalue weighted by Crippen LogP contribution is -2.33. The molecule has 0 bridgehead atoms. The number of aryl methyl sites for hydroxylation is 1. The van der Waals surface area contributed by atoms with Gasteiger partial charge in [0.1, 0.15) is 35.7 Å². The fraction of sp³-hybridized carbons (Fsp3) is 0.250. The number of hydrogen-bond donors (Lipinski definition) is 1. The third-order valence-electron chi connectivity index (χ3n) is 5.42. The van der Waals surface area contributed by atoms with Gasteiger partial charge in [-0.2, -0.15) is 0 Å². The van der Waals surface area contributed by atoms with Crippen LogP contribution in [0, 0.1) is 0 Å². The summed E-state index contributed by atoms with van der Waals surface area (Å²) in [6, 6.07) is 12.8. The number of benzene rings is 2. The van der Waals surface area contributed by atoms with Crippen molar-refractivity contribution in [1.29, 1.82) is 0 Å². The molecule has 2 aromatic carbocycles. The summed E-state index contributed by atoms with van der Waals surface area (Å²) in [4.78, 5) is 17.6. The minimum atomic E-state index is -0.478. The van der Waals surface area contributed by atoms with Gasteiger partial charge in [0.25, 0.3) is 0 Å². The molecule has 4 aromatic rings. The Morgan fingerprint density at radius 2 is 1.69 bits per heavy atom. The molecule has 1 atom stereocenters. The van der Waals surface area contributed by atoms with Crippen molar-refractivity contribution in [3.05, 3.63) is 72.4 Å². The Morgan fingerprint density at radius 3 is 2.31 bits per heavy atom. The molecule has 0 radical (unpaired) electrons. The van der Waals surface area contributed by atoms with Gasteiger partial charge in [0.2, 0.25) is 5.91 Å². The summed E-state index contributed by atoms with van der Waals surface area (Å²) >= 11 is 0. The lowest BCUT2D eigenvalue weighted by molar-refractivity contribution is -0.122. The van der Waals surface area contributed by atoms with E-state index < -0.39 is 6.04 Å². The number of nitrogens with one attached hydrogen (secondary N) is 1. The number of imidazole rings is 1. The van der Waals surface area contributed by atoms with E-state index in [1.807, 2.05) is 65.0 Å². The molecule has 2 heterocycles. The first-order valence-corrected chi connectivity index (χ1v) is 10.1. The van der Waals surface area contributed by atoms with Crippen molar-refractivity contribution in [2.45, 2.75) is 12.6 Å². The number of fused-ring (bicyclic) bond motifs is 1. The highest BCUT2D eigenvalue weighted by atomic mass is 16.5. The Morgan fingerprint density at radius 1 is 0.969 bits per heavy atom. The third kappa shape index (κ3) is 4.25. The zero-order chi connectivity index (χ0) is 22.7. The molecular weight excluding hydrogens is 408 g/mol. The quantitative estimate of drug-likeness (QED) is 0.460. The van der Waals surface area contributed by atoms with Gasteiger partial charge in [-0.15, -0.1) is 0 Å². The number of hydrogen-bond acceptors (Lipinski definition) is 5. The molecule has 0 fully saturated rings. The van der Waals surface area contributed by atoms with Gasteiger partial charge in [0.15, 0.2) is 0 Å². The largest absolute Gasteiger partial charge is 0.497 e. The van der Waals surface area contributed by atoms with Crippen LogP contribution in [0.5, 0.6) is 17.2 Å². The molecule has 1 N–H and O–H groups in total. The maximum Gasteiger partial charge on any atom is 0.240 e. The minimum absolute atomic E-state index is 0.145. The molecule has 0 aliphatic heterocycles. The number of ether oxygens (including phenoxy) is 3. The van der Waals surface area contributed by atoms with E-state index in [0.717, 1.165) is 22.2 Å². The standard InChI is InChI=1S/C24H26N4O4/c1-27-10-8-25-24(27)23(17-12-19(31-3)14-20(13-17)32-4)26-22(29)15-28-9-7-16-11-18(30-2)5-6-21(16)28/h5-14,23H,15H2,1-4H3,(H,26,29). The molecule has 166 valence electrons. The summed E-state index contributed by atoms with van der Waals surface area (Å²) in [7, 11) is 6.72. The smallest absolute Gasteiger partial charge is 0.240 e. The number of carbonyl (C=O) groups is 1. The normalized spacial score (nSPS) is 11.9. The summed E-state index contributed by atoms with van der Waals surface area (Å²) < 4.78 is 19.9. The number of rotatable bonds is 8. The van der Waals surface area contributed by atoms with Crippen molar-refractivity contribution in [1.82, 2.24) is 19.4 Å². The third-order valence-corrected chi connectivity index (χ3v) is 5.42. The fourth-order valence-corrected chi connectivity index (χ4v) is 3.75. The van der Waals surface area contributed by atoms with Crippen molar-refractivity contribution in [3.8, 4) is 17.2 Å². The van der Waals surface area contributed by atoms with Crippen molar-refractivity contribution >= 4 is 16.8 Å². The van der Waals surface area contributed by atoms with Crippen LogP contribution in [-0.4, -0.2) is 41.4 Å². The molecule has 0 aliphatic rings. The van der Waals surface area contributed by atoms with E-state index in [4.69, 9.17) is 14.2 Å². The number of methoxy groups -OCH3 is 3. The van der Waals surface area contributed by atoms with Crippen molar-refractivity contribution in [2.24, 2.45) is 7.05 Å². The highest BCUT2D eigenvalue weighted by Crippen LogP contribution is 2.29. The minimum Gasteiger partial charge on any atom is -0.497 e. The van der Waals surface area contributed by atoms with Gasteiger partial charge >= 0.3 is 0 Å². The Hall–Kier alpha value is -3.94. The van der Waals surface area contributed by atoms with Gasteiger partial charge in [-0.1, -0.05) is 0 Å². The number of carbonyl (C=O) groups excluding carboxylic acids is 1. The molecular formula is C24H26N4O4. The average molecular weight is 434 g/mol. The lowest BCUT2D eigenvalue weighted by atomic mass is 10.0. The Bertz CT molecular complexity index is 1220. The second-order valence-electron chi connectivity index (χ2n) is 7.41. The maximum absolute atomic E-state index is 13.1. The van der Waals surface area contributed by atoms with E-state index in [1.165, 1.54) is 0 Å². The molecule has 0 aliphatic carbocycles. The van der Waals surface area contributed by atoms with Crippen LogP contribution in [0.3, 0.4) is 0 Å². The first kappa shape index (κ1) is 21.3. The molecule has 1 amide bonds. The Kier molecular flexibility index (Phi) is 6.02. The monoisotopic (exact) mass is 434 g/mol. The number of amides is 1. The highest BCUT2D eigenvalue weighted by Gasteiger charge is 2.23. The molecule has 8 nitrogen and oxygen atoms in total. The Labute approximate surface area is 186 Å². The van der Waals surface area contributed by atoms with Crippen LogP contribution in [-0.2, 0) is 18.4 Å². The van der Waals surface area contributed by atoms with Crippen LogP contribution in [0.2, 0.25) is 0 Å². The predicted molar refractivity (Wildman–Crippen MR) is 121 cm³/mol. The van der Waals surface area contributed by atoms with Gasteiger partial charge in [-0.3, -0.25) is 4.79 Å². The molecule has 8 heteroatoms. The van der Waals surface area contributed by atoms with Gasteiger partial charge in [0.05, 0.1) is 21.3 Å². The molecule has 32 heavy (non-hydrogen) atoms. The van der Waals surface area contributed by atoms with E-state index >= 15 is 0 Å². The molecule has 0 saturated heterocycles.